The Morgan fingerprint density at radius 2 is 1.80 bits per heavy atom. The molecule has 0 heterocycles. The molecule has 0 saturated carbocycles. The largest absolute Gasteiger partial charge is 0.395 e. The third-order valence-electron chi connectivity index (χ3n) is 2.25. The predicted molar refractivity (Wildman–Crippen MR) is 61.1 cm³/mol. The highest BCUT2D eigenvalue weighted by atomic mass is 16.5. The lowest BCUT2D eigenvalue weighted by molar-refractivity contribution is 0.0416. The molecule has 2 N–H and O–H groups in total. The summed E-state index contributed by atoms with van der Waals surface area (Å²) in [7, 11) is 1.84. The first-order chi connectivity index (χ1) is 7.35. The molecule has 0 aliphatic rings. The van der Waals surface area contributed by atoms with Gasteiger partial charge in [0.1, 0.15) is 0 Å². The number of likely N-dealkylation sites (N-methyl/N-ethyl adjacent to an activating group) is 1. The van der Waals surface area contributed by atoms with Crippen molar-refractivity contribution in [1.29, 1.82) is 0 Å². The smallest absolute Gasteiger partial charge is 0.0700 e. The van der Waals surface area contributed by atoms with Crippen molar-refractivity contribution in [3.63, 3.8) is 0 Å². The Hall–Kier alpha value is -0.160. The van der Waals surface area contributed by atoms with E-state index in [9.17, 15) is 0 Å². The van der Waals surface area contributed by atoms with Crippen LogP contribution in [0.25, 0.3) is 0 Å². The Kier molecular flexibility index (Phi) is 11.8. The van der Waals surface area contributed by atoms with Gasteiger partial charge in [0.25, 0.3) is 0 Å². The third-order valence-corrected chi connectivity index (χ3v) is 2.25. The van der Waals surface area contributed by atoms with E-state index < -0.39 is 0 Å². The highest BCUT2D eigenvalue weighted by Gasteiger charge is 2.02. The number of aliphatic hydroxyl groups excluding tert-OH is 1. The lowest BCUT2D eigenvalue weighted by Gasteiger charge is -2.12. The third kappa shape index (κ3) is 10.1. The van der Waals surface area contributed by atoms with Gasteiger partial charge in [-0.1, -0.05) is 13.3 Å². The predicted octanol–water partition coefficient (Wildman–Crippen LogP) is 0.790. The SMILES string of the molecule is CCCCOCCOCCC(CO)NC. The van der Waals surface area contributed by atoms with Gasteiger partial charge in [0.05, 0.1) is 19.8 Å². The quantitative estimate of drug-likeness (QED) is 0.504. The first kappa shape index (κ1) is 14.8. The average molecular weight is 219 g/mol. The van der Waals surface area contributed by atoms with E-state index in [1.165, 1.54) is 6.42 Å². The number of aliphatic hydroxyl groups is 1. The lowest BCUT2D eigenvalue weighted by atomic mass is 10.2. The number of nitrogens with one attached hydrogen (secondary N) is 1. The van der Waals surface area contributed by atoms with Crippen LogP contribution in [0.15, 0.2) is 0 Å². The molecule has 0 fully saturated rings. The Labute approximate surface area is 93.0 Å². The van der Waals surface area contributed by atoms with E-state index in [2.05, 4.69) is 12.2 Å². The van der Waals surface area contributed by atoms with Gasteiger partial charge in [-0.3, -0.25) is 0 Å². The summed E-state index contributed by atoms with van der Waals surface area (Å²) in [6.45, 7) is 5.12. The molecule has 0 saturated heterocycles. The molecule has 92 valence electrons. The lowest BCUT2D eigenvalue weighted by Crippen LogP contribution is -2.30. The minimum absolute atomic E-state index is 0.144. The highest BCUT2D eigenvalue weighted by Crippen LogP contribution is 1.92. The molecular weight excluding hydrogens is 194 g/mol. The summed E-state index contributed by atoms with van der Waals surface area (Å²) in [6, 6.07) is 0.144. The van der Waals surface area contributed by atoms with E-state index >= 15 is 0 Å². The number of ether oxygens (including phenoxy) is 2. The number of hydrogen-bond donors (Lipinski definition) is 2. The van der Waals surface area contributed by atoms with Crippen molar-refractivity contribution in [1.82, 2.24) is 5.32 Å². The van der Waals surface area contributed by atoms with E-state index in [4.69, 9.17) is 14.6 Å². The second-order valence-electron chi connectivity index (χ2n) is 3.54. The molecule has 0 rings (SSSR count). The van der Waals surface area contributed by atoms with Gasteiger partial charge < -0.3 is 19.9 Å². The van der Waals surface area contributed by atoms with Crippen LogP contribution in [0.4, 0.5) is 0 Å². The molecule has 0 amide bonds. The van der Waals surface area contributed by atoms with Gasteiger partial charge in [0.2, 0.25) is 0 Å². The number of rotatable bonds is 11. The van der Waals surface area contributed by atoms with Crippen LogP contribution < -0.4 is 5.32 Å². The molecule has 15 heavy (non-hydrogen) atoms. The fraction of sp³-hybridized carbons (Fsp3) is 1.00. The van der Waals surface area contributed by atoms with Gasteiger partial charge in [-0.05, 0) is 19.9 Å². The second kappa shape index (κ2) is 11.9. The van der Waals surface area contributed by atoms with Crippen LogP contribution >= 0.6 is 0 Å². The fourth-order valence-corrected chi connectivity index (χ4v) is 1.12. The summed E-state index contributed by atoms with van der Waals surface area (Å²) in [4.78, 5) is 0. The Morgan fingerprint density at radius 1 is 1.13 bits per heavy atom. The van der Waals surface area contributed by atoms with Crippen molar-refractivity contribution in [3.05, 3.63) is 0 Å². The minimum atomic E-state index is 0.144. The monoisotopic (exact) mass is 219 g/mol. The molecule has 0 radical (unpaired) electrons. The zero-order chi connectivity index (χ0) is 11.4. The summed E-state index contributed by atoms with van der Waals surface area (Å²) in [5.41, 5.74) is 0. The molecule has 0 aromatic carbocycles. The van der Waals surface area contributed by atoms with Crippen molar-refractivity contribution in [2.45, 2.75) is 32.2 Å². The van der Waals surface area contributed by atoms with E-state index in [-0.39, 0.29) is 12.6 Å². The van der Waals surface area contributed by atoms with Gasteiger partial charge in [0.15, 0.2) is 0 Å². The van der Waals surface area contributed by atoms with Crippen LogP contribution in [0, 0.1) is 0 Å². The Balaban J connectivity index is 3.04. The summed E-state index contributed by atoms with van der Waals surface area (Å²) in [5.74, 6) is 0. The zero-order valence-corrected chi connectivity index (χ0v) is 10.00. The molecule has 0 aliphatic heterocycles. The van der Waals surface area contributed by atoms with E-state index in [0.717, 1.165) is 19.4 Å². The van der Waals surface area contributed by atoms with Crippen molar-refractivity contribution in [3.8, 4) is 0 Å². The summed E-state index contributed by atoms with van der Waals surface area (Å²) in [6.07, 6.45) is 3.12. The molecule has 1 unspecified atom stereocenters. The van der Waals surface area contributed by atoms with Crippen LogP contribution in [0.5, 0.6) is 0 Å². The maximum absolute atomic E-state index is 8.88. The van der Waals surface area contributed by atoms with Crippen LogP contribution in [-0.2, 0) is 9.47 Å². The highest BCUT2D eigenvalue weighted by molar-refractivity contribution is 4.60. The molecule has 0 aliphatic carbocycles. The van der Waals surface area contributed by atoms with Gasteiger partial charge in [-0.2, -0.15) is 0 Å². The van der Waals surface area contributed by atoms with Crippen LogP contribution in [0.2, 0.25) is 0 Å². The van der Waals surface area contributed by atoms with Crippen LogP contribution in [0.1, 0.15) is 26.2 Å². The zero-order valence-electron chi connectivity index (χ0n) is 10.00. The van der Waals surface area contributed by atoms with Crippen LogP contribution in [-0.4, -0.2) is 51.2 Å². The van der Waals surface area contributed by atoms with Crippen molar-refractivity contribution in [2.75, 3.05) is 40.1 Å². The second-order valence-corrected chi connectivity index (χ2v) is 3.54. The average Bonchev–Trinajstić information content (AvgIpc) is 2.27. The van der Waals surface area contributed by atoms with Crippen molar-refractivity contribution >= 4 is 0 Å². The molecular formula is C11H25NO3. The maximum atomic E-state index is 8.88. The first-order valence-corrected chi connectivity index (χ1v) is 5.78. The van der Waals surface area contributed by atoms with Gasteiger partial charge in [-0.25, -0.2) is 0 Å². The van der Waals surface area contributed by atoms with E-state index in [1.54, 1.807) is 0 Å². The van der Waals surface area contributed by atoms with Crippen LogP contribution in [0.3, 0.4) is 0 Å². The summed E-state index contributed by atoms with van der Waals surface area (Å²) < 4.78 is 10.7. The summed E-state index contributed by atoms with van der Waals surface area (Å²) in [5, 5.41) is 11.9. The Bertz CT molecular complexity index is 118. The first-order valence-electron chi connectivity index (χ1n) is 5.78. The topological polar surface area (TPSA) is 50.7 Å². The molecule has 0 bridgehead atoms. The summed E-state index contributed by atoms with van der Waals surface area (Å²) >= 11 is 0. The molecule has 4 nitrogen and oxygen atoms in total. The number of hydrogen-bond acceptors (Lipinski definition) is 4. The van der Waals surface area contributed by atoms with Crippen molar-refractivity contribution in [2.24, 2.45) is 0 Å². The van der Waals surface area contributed by atoms with Gasteiger partial charge in [0, 0.05) is 19.3 Å². The molecule has 0 aromatic heterocycles. The fourth-order valence-electron chi connectivity index (χ4n) is 1.12. The Morgan fingerprint density at radius 3 is 2.33 bits per heavy atom. The standard InChI is InChI=1S/C11H25NO3/c1-3-4-6-14-8-9-15-7-5-11(10-13)12-2/h11-13H,3-10H2,1-2H3. The minimum Gasteiger partial charge on any atom is -0.395 e. The van der Waals surface area contributed by atoms with Gasteiger partial charge >= 0.3 is 0 Å². The molecule has 4 heteroatoms. The molecule has 1 atom stereocenters. The molecule has 0 spiro atoms. The van der Waals surface area contributed by atoms with E-state index in [1.807, 2.05) is 7.05 Å². The molecule has 0 aromatic rings. The van der Waals surface area contributed by atoms with Crippen molar-refractivity contribution < 1.29 is 14.6 Å². The van der Waals surface area contributed by atoms with Gasteiger partial charge in [-0.15, -0.1) is 0 Å². The maximum Gasteiger partial charge on any atom is 0.0700 e. The normalized spacial score (nSPS) is 13.0. The van der Waals surface area contributed by atoms with E-state index in [0.29, 0.717) is 19.8 Å². The number of unbranched alkanes of at least 4 members (excludes halogenated alkanes) is 1.